The van der Waals surface area contributed by atoms with E-state index in [1.807, 2.05) is 5.38 Å². The largest absolute Gasteiger partial charge is 0.487 e. The number of carbonyl (C=O) groups is 1. The number of ether oxygens (including phenoxy) is 1. The number of rotatable bonds is 8. The van der Waals surface area contributed by atoms with Crippen molar-refractivity contribution in [2.45, 2.75) is 17.8 Å². The zero-order valence-electron chi connectivity index (χ0n) is 15.3. The highest BCUT2D eigenvalue weighted by Crippen LogP contribution is 2.33. The van der Waals surface area contributed by atoms with E-state index in [9.17, 15) is 18.0 Å². The van der Waals surface area contributed by atoms with Crippen LogP contribution in [0.1, 0.15) is 21.6 Å². The average Bonchev–Trinajstić information content (AvgIpc) is 3.23. The van der Waals surface area contributed by atoms with E-state index in [0.717, 1.165) is 29.7 Å². The van der Waals surface area contributed by atoms with Crippen LogP contribution in [0, 0.1) is 0 Å². The molecule has 1 aromatic carbocycles. The molecule has 1 amide bonds. The van der Waals surface area contributed by atoms with Crippen molar-refractivity contribution in [1.29, 1.82) is 0 Å². The highest BCUT2D eigenvalue weighted by Gasteiger charge is 2.31. The summed E-state index contributed by atoms with van der Waals surface area (Å²) in [5.74, 6) is 0.649. The number of hydrogen-bond acceptors (Lipinski definition) is 6. The second-order valence-corrected chi connectivity index (χ2v) is 8.12. The maximum absolute atomic E-state index is 12.6. The van der Waals surface area contributed by atoms with Gasteiger partial charge in [-0.1, -0.05) is 17.7 Å². The Balaban J connectivity index is 1.47. The topological polar surface area (TPSA) is 64.1 Å². The minimum Gasteiger partial charge on any atom is -0.487 e. The van der Waals surface area contributed by atoms with Crippen molar-refractivity contribution in [2.24, 2.45) is 0 Å². The van der Waals surface area contributed by atoms with Crippen LogP contribution in [-0.4, -0.2) is 28.2 Å². The third-order valence-corrected chi connectivity index (χ3v) is 5.77. The molecule has 3 aromatic rings. The van der Waals surface area contributed by atoms with Crippen molar-refractivity contribution in [3.63, 3.8) is 0 Å². The van der Waals surface area contributed by atoms with E-state index in [-0.39, 0.29) is 22.5 Å². The SMILES string of the molecule is O=C(NCCSc1ncc(C(F)(F)F)cc1Cl)c1cccc(OCc2cscn2)c1. The monoisotopic (exact) mass is 473 g/mol. The lowest BCUT2D eigenvalue weighted by Crippen LogP contribution is -2.25. The summed E-state index contributed by atoms with van der Waals surface area (Å²) in [6.45, 7) is 0.596. The number of amides is 1. The molecule has 0 aliphatic heterocycles. The number of carbonyl (C=O) groups excluding carboxylic acids is 1. The fourth-order valence-corrected chi connectivity index (χ4v) is 3.89. The number of alkyl halides is 3. The molecule has 0 aliphatic carbocycles. The number of aromatic nitrogens is 2. The molecular formula is C19H15ClF3N3O2S2. The summed E-state index contributed by atoms with van der Waals surface area (Å²) in [4.78, 5) is 20.2. The molecule has 0 aliphatic rings. The molecule has 0 unspecified atom stereocenters. The van der Waals surface area contributed by atoms with E-state index in [1.54, 1.807) is 29.8 Å². The van der Waals surface area contributed by atoms with Crippen LogP contribution in [0.2, 0.25) is 5.02 Å². The zero-order chi connectivity index (χ0) is 21.6. The van der Waals surface area contributed by atoms with Gasteiger partial charge in [-0.2, -0.15) is 13.2 Å². The van der Waals surface area contributed by atoms with Gasteiger partial charge in [0.05, 0.1) is 21.8 Å². The number of benzene rings is 1. The normalized spacial score (nSPS) is 11.3. The average molecular weight is 474 g/mol. The molecule has 0 fully saturated rings. The van der Waals surface area contributed by atoms with Gasteiger partial charge in [-0.25, -0.2) is 9.97 Å². The predicted molar refractivity (Wildman–Crippen MR) is 110 cm³/mol. The predicted octanol–water partition coefficient (Wildman–Crippen LogP) is 5.31. The molecular weight excluding hydrogens is 459 g/mol. The summed E-state index contributed by atoms with van der Waals surface area (Å²) in [6.07, 6.45) is -3.75. The summed E-state index contributed by atoms with van der Waals surface area (Å²) in [7, 11) is 0. The molecule has 158 valence electrons. The van der Waals surface area contributed by atoms with E-state index >= 15 is 0 Å². The van der Waals surface area contributed by atoms with Gasteiger partial charge in [0.2, 0.25) is 0 Å². The van der Waals surface area contributed by atoms with Crippen LogP contribution < -0.4 is 10.1 Å². The second-order valence-electron chi connectivity index (χ2n) is 5.91. The number of hydrogen-bond donors (Lipinski definition) is 1. The molecule has 0 saturated carbocycles. The first-order valence-corrected chi connectivity index (χ1v) is 10.9. The van der Waals surface area contributed by atoms with E-state index < -0.39 is 11.7 Å². The van der Waals surface area contributed by atoms with Crippen molar-refractivity contribution in [3.05, 3.63) is 69.3 Å². The van der Waals surface area contributed by atoms with E-state index in [0.29, 0.717) is 23.7 Å². The molecule has 2 aromatic heterocycles. The molecule has 0 spiro atoms. The molecule has 30 heavy (non-hydrogen) atoms. The summed E-state index contributed by atoms with van der Waals surface area (Å²) < 4.78 is 43.5. The minimum atomic E-state index is -4.49. The molecule has 3 rings (SSSR count). The molecule has 5 nitrogen and oxygen atoms in total. The fourth-order valence-electron chi connectivity index (χ4n) is 2.29. The van der Waals surface area contributed by atoms with Crippen molar-refractivity contribution in [1.82, 2.24) is 15.3 Å². The van der Waals surface area contributed by atoms with Crippen LogP contribution in [0.25, 0.3) is 0 Å². The van der Waals surface area contributed by atoms with E-state index in [2.05, 4.69) is 15.3 Å². The van der Waals surface area contributed by atoms with Crippen LogP contribution in [0.4, 0.5) is 13.2 Å². The molecule has 0 radical (unpaired) electrons. The Hall–Kier alpha value is -2.30. The van der Waals surface area contributed by atoms with Gasteiger partial charge in [0.1, 0.15) is 17.4 Å². The molecule has 2 heterocycles. The third-order valence-electron chi connectivity index (χ3n) is 3.73. The van der Waals surface area contributed by atoms with Gasteiger partial charge in [-0.05, 0) is 24.3 Å². The van der Waals surface area contributed by atoms with Crippen molar-refractivity contribution >= 4 is 40.6 Å². The van der Waals surface area contributed by atoms with Gasteiger partial charge in [0.25, 0.3) is 5.91 Å². The number of halogens is 4. The number of pyridine rings is 1. The van der Waals surface area contributed by atoms with Gasteiger partial charge in [0.15, 0.2) is 0 Å². The third kappa shape index (κ3) is 6.35. The Morgan fingerprint density at radius 1 is 1.27 bits per heavy atom. The Kier molecular flexibility index (Phi) is 7.57. The Bertz CT molecular complexity index is 1000. The van der Waals surface area contributed by atoms with Crippen LogP contribution in [-0.2, 0) is 12.8 Å². The number of nitrogens with zero attached hydrogens (tertiary/aromatic N) is 2. The molecule has 0 saturated heterocycles. The highest BCUT2D eigenvalue weighted by molar-refractivity contribution is 7.99. The summed E-state index contributed by atoms with van der Waals surface area (Å²) >= 11 is 8.50. The van der Waals surface area contributed by atoms with Crippen LogP contribution >= 0.6 is 34.7 Å². The van der Waals surface area contributed by atoms with Gasteiger partial charge >= 0.3 is 6.18 Å². The fraction of sp³-hybridized carbons (Fsp3) is 0.211. The summed E-state index contributed by atoms with van der Waals surface area (Å²) in [5.41, 5.74) is 2.06. The molecule has 1 N–H and O–H groups in total. The smallest absolute Gasteiger partial charge is 0.417 e. The lowest BCUT2D eigenvalue weighted by molar-refractivity contribution is -0.137. The summed E-state index contributed by atoms with van der Waals surface area (Å²) in [6, 6.07) is 7.59. The standard InChI is InChI=1S/C19H15ClF3N3O2S2/c20-16-7-13(19(21,22)23)8-25-18(16)30-5-4-24-17(27)12-2-1-3-15(6-12)28-9-14-10-29-11-26-14/h1-3,6-8,10-11H,4-5,9H2,(H,24,27). The van der Waals surface area contributed by atoms with Gasteiger partial charge < -0.3 is 10.1 Å². The highest BCUT2D eigenvalue weighted by atomic mass is 35.5. The van der Waals surface area contributed by atoms with Crippen molar-refractivity contribution < 1.29 is 22.7 Å². The van der Waals surface area contributed by atoms with Gasteiger partial charge in [0, 0.05) is 29.4 Å². The number of thioether (sulfide) groups is 1. The molecule has 0 atom stereocenters. The first-order valence-electron chi connectivity index (χ1n) is 8.56. The second kappa shape index (κ2) is 10.1. The zero-order valence-corrected chi connectivity index (χ0v) is 17.7. The van der Waals surface area contributed by atoms with Crippen LogP contribution in [0.5, 0.6) is 5.75 Å². The Morgan fingerprint density at radius 3 is 2.80 bits per heavy atom. The maximum atomic E-state index is 12.6. The lowest BCUT2D eigenvalue weighted by Gasteiger charge is -2.10. The minimum absolute atomic E-state index is 0.0777. The molecule has 0 bridgehead atoms. The lowest BCUT2D eigenvalue weighted by atomic mass is 10.2. The van der Waals surface area contributed by atoms with Crippen LogP contribution in [0.15, 0.2) is 52.4 Å². The van der Waals surface area contributed by atoms with Crippen LogP contribution in [0.3, 0.4) is 0 Å². The Morgan fingerprint density at radius 2 is 2.10 bits per heavy atom. The van der Waals surface area contributed by atoms with Gasteiger partial charge in [-0.15, -0.1) is 23.1 Å². The number of thiazole rings is 1. The Labute approximate surface area is 183 Å². The maximum Gasteiger partial charge on any atom is 0.417 e. The van der Waals surface area contributed by atoms with E-state index in [1.165, 1.54) is 11.3 Å². The first kappa shape index (κ1) is 22.4. The van der Waals surface area contributed by atoms with E-state index in [4.69, 9.17) is 16.3 Å². The van der Waals surface area contributed by atoms with Crippen molar-refractivity contribution in [3.8, 4) is 5.75 Å². The quantitative estimate of drug-likeness (QED) is 0.355. The summed E-state index contributed by atoms with van der Waals surface area (Å²) in [5, 5.41) is 4.82. The van der Waals surface area contributed by atoms with Gasteiger partial charge in [-0.3, -0.25) is 4.79 Å². The number of nitrogens with one attached hydrogen (secondary N) is 1. The molecule has 11 heteroatoms. The van der Waals surface area contributed by atoms with Crippen molar-refractivity contribution in [2.75, 3.05) is 12.3 Å². The first-order chi connectivity index (χ1) is 14.3.